The molecule has 0 radical (unpaired) electrons. The number of carbonyl (C=O) groups is 4. The molecule has 0 fully saturated rings. The largest absolute Gasteiger partial charge is 0.497 e. The van der Waals surface area contributed by atoms with Crippen LogP contribution in [0, 0.1) is 5.41 Å². The van der Waals surface area contributed by atoms with E-state index in [1.807, 2.05) is 6.92 Å². The summed E-state index contributed by atoms with van der Waals surface area (Å²) < 4.78 is 48.3. The number of rotatable bonds is 12. The number of carboxylic acid groups (broad SMARTS) is 1. The SMILES string of the molecule is CCOc1cc(OCC(=O)N(C)C)cc(C(Nc2ccc(C(=N)N)cc2)C(=O)NNC(=O)c2cccc(OC)c2)c1.O=C(O)C(F)(F)F. The van der Waals surface area contributed by atoms with E-state index in [1.54, 1.807) is 74.8 Å². The van der Waals surface area contributed by atoms with Gasteiger partial charge in [-0.1, -0.05) is 6.07 Å². The van der Waals surface area contributed by atoms with Crippen molar-refractivity contribution in [1.29, 1.82) is 5.41 Å². The minimum absolute atomic E-state index is 0.0930. The summed E-state index contributed by atoms with van der Waals surface area (Å²) in [5, 5.41) is 17.9. The first-order chi connectivity index (χ1) is 22.5. The maximum atomic E-state index is 13.5. The molecule has 0 aliphatic heterocycles. The molecule has 7 N–H and O–H groups in total. The van der Waals surface area contributed by atoms with Crippen LogP contribution in [-0.4, -0.2) is 80.1 Å². The summed E-state index contributed by atoms with van der Waals surface area (Å²) in [4.78, 5) is 48.6. The standard InChI is InChI=1S/C29H34N6O6.C2HF3O2/c1-5-40-23-14-20(15-24(16-23)41-17-25(36)35(2)3)26(32-21-11-9-18(10-12-21)27(30)31)29(38)34-33-28(37)19-7-6-8-22(13-19)39-4;3-2(4,5)1(6)7/h6-16,26,32H,5,17H2,1-4H3,(H3,30,31)(H,33,37)(H,34,38);(H,6,7). The van der Waals surface area contributed by atoms with Crippen LogP contribution in [0.5, 0.6) is 17.2 Å². The molecule has 17 heteroatoms. The summed E-state index contributed by atoms with van der Waals surface area (Å²) in [7, 11) is 4.73. The molecule has 0 aliphatic carbocycles. The lowest BCUT2D eigenvalue weighted by molar-refractivity contribution is -0.192. The lowest BCUT2D eigenvalue weighted by atomic mass is 10.0. The Labute approximate surface area is 273 Å². The van der Waals surface area contributed by atoms with E-state index in [0.717, 1.165) is 0 Å². The van der Waals surface area contributed by atoms with Crippen LogP contribution in [0.15, 0.2) is 66.7 Å². The number of benzene rings is 3. The van der Waals surface area contributed by atoms with E-state index in [4.69, 9.17) is 35.3 Å². The minimum atomic E-state index is -5.08. The van der Waals surface area contributed by atoms with Gasteiger partial charge in [-0.05, 0) is 67.1 Å². The monoisotopic (exact) mass is 676 g/mol. The summed E-state index contributed by atoms with van der Waals surface area (Å²) in [5.74, 6) is -3.01. The van der Waals surface area contributed by atoms with Crippen LogP contribution in [0.25, 0.3) is 0 Å². The van der Waals surface area contributed by atoms with Crippen molar-refractivity contribution < 1.29 is 51.7 Å². The van der Waals surface area contributed by atoms with Gasteiger partial charge in [0.2, 0.25) is 0 Å². The van der Waals surface area contributed by atoms with Crippen molar-refractivity contribution in [1.82, 2.24) is 15.8 Å². The predicted octanol–water partition coefficient (Wildman–Crippen LogP) is 3.09. The van der Waals surface area contributed by atoms with E-state index in [9.17, 15) is 27.6 Å². The van der Waals surface area contributed by atoms with Gasteiger partial charge in [0.1, 0.15) is 29.1 Å². The van der Waals surface area contributed by atoms with Crippen LogP contribution in [-0.2, 0) is 14.4 Å². The lowest BCUT2D eigenvalue weighted by Gasteiger charge is -2.22. The number of methoxy groups -OCH3 is 1. The van der Waals surface area contributed by atoms with Crippen LogP contribution < -0.4 is 36.1 Å². The Morgan fingerprint density at radius 2 is 1.52 bits per heavy atom. The molecule has 1 atom stereocenters. The topological polar surface area (TPSA) is 205 Å². The molecular weight excluding hydrogens is 641 g/mol. The van der Waals surface area contributed by atoms with E-state index < -0.39 is 30.0 Å². The third-order valence-electron chi connectivity index (χ3n) is 6.05. The highest BCUT2D eigenvalue weighted by molar-refractivity contribution is 5.97. The van der Waals surface area contributed by atoms with Gasteiger partial charge in [0.15, 0.2) is 6.61 Å². The Morgan fingerprint density at radius 3 is 2.04 bits per heavy atom. The number of aliphatic carboxylic acids is 1. The fraction of sp³-hybridized carbons (Fsp3) is 0.258. The second-order valence-electron chi connectivity index (χ2n) is 9.79. The van der Waals surface area contributed by atoms with Crippen LogP contribution in [0.4, 0.5) is 18.9 Å². The normalized spacial score (nSPS) is 11.1. The number of hydrogen-bond acceptors (Lipinski definition) is 9. The van der Waals surface area contributed by atoms with Crippen molar-refractivity contribution in [3.05, 3.63) is 83.4 Å². The summed E-state index contributed by atoms with van der Waals surface area (Å²) in [5.41, 5.74) is 12.2. The molecule has 0 aliphatic rings. The second-order valence-corrected chi connectivity index (χ2v) is 9.79. The number of alkyl halides is 3. The number of nitrogens with one attached hydrogen (secondary N) is 4. The molecule has 0 aromatic heterocycles. The highest BCUT2D eigenvalue weighted by atomic mass is 19.4. The molecule has 0 bridgehead atoms. The Balaban J connectivity index is 0.00000103. The minimum Gasteiger partial charge on any atom is -0.497 e. The number of hydrogen-bond donors (Lipinski definition) is 6. The highest BCUT2D eigenvalue weighted by Crippen LogP contribution is 2.29. The number of halogens is 3. The van der Waals surface area contributed by atoms with E-state index in [-0.39, 0.29) is 23.9 Å². The fourth-order valence-corrected chi connectivity index (χ4v) is 3.61. The predicted molar refractivity (Wildman–Crippen MR) is 168 cm³/mol. The van der Waals surface area contributed by atoms with E-state index in [1.165, 1.54) is 18.1 Å². The van der Waals surface area contributed by atoms with Crippen molar-refractivity contribution in [2.75, 3.05) is 39.7 Å². The summed E-state index contributed by atoms with van der Waals surface area (Å²) >= 11 is 0. The van der Waals surface area contributed by atoms with Gasteiger partial charge in [-0.3, -0.25) is 30.6 Å². The van der Waals surface area contributed by atoms with Gasteiger partial charge in [-0.15, -0.1) is 0 Å². The van der Waals surface area contributed by atoms with E-state index in [0.29, 0.717) is 40.7 Å². The van der Waals surface area contributed by atoms with Crippen molar-refractivity contribution in [3.8, 4) is 17.2 Å². The van der Waals surface area contributed by atoms with Gasteiger partial charge in [0.25, 0.3) is 17.7 Å². The first-order valence-electron chi connectivity index (χ1n) is 13.9. The van der Waals surface area contributed by atoms with Gasteiger partial charge in [-0.25, -0.2) is 4.79 Å². The quantitative estimate of drug-likeness (QED) is 0.0939. The Morgan fingerprint density at radius 1 is 0.917 bits per heavy atom. The first-order valence-corrected chi connectivity index (χ1v) is 13.9. The molecule has 0 heterocycles. The van der Waals surface area contributed by atoms with Gasteiger partial charge in [0, 0.05) is 37.0 Å². The van der Waals surface area contributed by atoms with Crippen LogP contribution >= 0.6 is 0 Å². The number of likely N-dealkylation sites (N-methyl/N-ethyl adjacent to an activating group) is 1. The summed E-state index contributed by atoms with van der Waals surface area (Å²) in [6, 6.07) is 17.0. The number of nitrogens with two attached hydrogens (primary N) is 1. The summed E-state index contributed by atoms with van der Waals surface area (Å²) in [6.45, 7) is 1.96. The number of hydrazine groups is 1. The van der Waals surface area contributed by atoms with Crippen LogP contribution in [0.3, 0.4) is 0 Å². The summed E-state index contributed by atoms with van der Waals surface area (Å²) in [6.07, 6.45) is -5.08. The number of nitrogen functional groups attached to an aromatic ring is 1. The number of nitrogens with zero attached hydrogens (tertiary/aromatic N) is 1. The number of amides is 3. The molecule has 1 unspecified atom stereocenters. The lowest BCUT2D eigenvalue weighted by Crippen LogP contribution is -2.45. The zero-order valence-corrected chi connectivity index (χ0v) is 26.3. The zero-order chi connectivity index (χ0) is 36.0. The molecule has 14 nitrogen and oxygen atoms in total. The van der Waals surface area contributed by atoms with Gasteiger partial charge < -0.3 is 35.3 Å². The Kier molecular flexibility index (Phi) is 14.0. The van der Waals surface area contributed by atoms with Gasteiger partial charge in [0.05, 0.1) is 13.7 Å². The van der Waals surface area contributed by atoms with Crippen LogP contribution in [0.2, 0.25) is 0 Å². The van der Waals surface area contributed by atoms with Gasteiger partial charge in [-0.2, -0.15) is 13.2 Å². The van der Waals surface area contributed by atoms with Crippen molar-refractivity contribution in [2.45, 2.75) is 19.1 Å². The van der Waals surface area contributed by atoms with E-state index in [2.05, 4.69) is 16.2 Å². The maximum Gasteiger partial charge on any atom is 0.490 e. The fourth-order valence-electron chi connectivity index (χ4n) is 3.61. The van der Waals surface area contributed by atoms with Crippen LogP contribution in [0.1, 0.15) is 34.5 Å². The van der Waals surface area contributed by atoms with Crippen molar-refractivity contribution in [2.24, 2.45) is 5.73 Å². The number of amidine groups is 1. The van der Waals surface area contributed by atoms with Crippen molar-refractivity contribution >= 4 is 35.2 Å². The molecule has 0 saturated carbocycles. The molecule has 48 heavy (non-hydrogen) atoms. The molecule has 258 valence electrons. The van der Waals surface area contributed by atoms with Crippen molar-refractivity contribution in [3.63, 3.8) is 0 Å². The number of ether oxygens (including phenoxy) is 3. The first kappa shape index (κ1) is 38.2. The number of anilines is 1. The third-order valence-corrected chi connectivity index (χ3v) is 6.05. The molecule has 3 aromatic rings. The molecular formula is C31H35F3N6O8. The number of carboxylic acids is 1. The number of carbonyl (C=O) groups excluding carboxylic acids is 3. The zero-order valence-electron chi connectivity index (χ0n) is 26.3. The smallest absolute Gasteiger partial charge is 0.490 e. The maximum absolute atomic E-state index is 13.5. The average Bonchev–Trinajstić information content (AvgIpc) is 3.04. The molecule has 3 amide bonds. The molecule has 3 aromatic carbocycles. The molecule has 0 spiro atoms. The van der Waals surface area contributed by atoms with Gasteiger partial charge >= 0.3 is 12.1 Å². The average molecular weight is 677 g/mol. The van der Waals surface area contributed by atoms with E-state index >= 15 is 0 Å². The highest BCUT2D eigenvalue weighted by Gasteiger charge is 2.38. The third kappa shape index (κ3) is 12.1. The Hall–Kier alpha value is -6.00. The molecule has 0 saturated heterocycles. The molecule has 3 rings (SSSR count). The second kappa shape index (κ2) is 17.6. The Bertz CT molecular complexity index is 1600.